The van der Waals surface area contributed by atoms with Crippen molar-refractivity contribution in [2.24, 2.45) is 17.6 Å². The molecule has 3 rings (SSSR count). The fraction of sp³-hybridized carbons (Fsp3) is 0.786. The van der Waals surface area contributed by atoms with E-state index in [1.165, 1.54) is 6.42 Å². The van der Waals surface area contributed by atoms with Gasteiger partial charge < -0.3 is 10.5 Å². The van der Waals surface area contributed by atoms with E-state index in [0.29, 0.717) is 5.78 Å². The van der Waals surface area contributed by atoms with Gasteiger partial charge in [0, 0.05) is 24.5 Å². The third-order valence-corrected chi connectivity index (χ3v) is 4.64. The summed E-state index contributed by atoms with van der Waals surface area (Å²) in [5, 5.41) is 0. The quantitative estimate of drug-likeness (QED) is 0.743. The number of Topliss-reactive ketones (excluding diaryl/α,β-unsaturated/α-hetero) is 1. The van der Waals surface area contributed by atoms with Gasteiger partial charge in [-0.25, -0.2) is 0 Å². The Bertz CT molecular complexity index is 346. The summed E-state index contributed by atoms with van der Waals surface area (Å²) in [5.41, 5.74) is 5.89. The van der Waals surface area contributed by atoms with Crippen molar-refractivity contribution in [1.29, 1.82) is 0 Å². The number of ether oxygens (including phenoxy) is 1. The molecular formula is C14H21NO2. The van der Waals surface area contributed by atoms with E-state index >= 15 is 0 Å². The van der Waals surface area contributed by atoms with E-state index < -0.39 is 0 Å². The van der Waals surface area contributed by atoms with Crippen LogP contribution in [-0.4, -0.2) is 24.0 Å². The fourth-order valence-corrected chi connectivity index (χ4v) is 3.43. The fourth-order valence-electron chi connectivity index (χ4n) is 3.43. The Hall–Kier alpha value is -0.670. The van der Waals surface area contributed by atoms with Gasteiger partial charge in [-0.2, -0.15) is 0 Å². The largest absolute Gasteiger partial charge is 0.375 e. The molecule has 0 aromatic heterocycles. The van der Waals surface area contributed by atoms with Crippen LogP contribution in [0.4, 0.5) is 0 Å². The lowest BCUT2D eigenvalue weighted by atomic mass is 9.70. The smallest absolute Gasteiger partial charge is 0.143 e. The van der Waals surface area contributed by atoms with Crippen molar-refractivity contribution in [3.8, 4) is 0 Å². The molecule has 0 bridgehead atoms. The third-order valence-electron chi connectivity index (χ3n) is 4.64. The van der Waals surface area contributed by atoms with Gasteiger partial charge in [0.15, 0.2) is 0 Å². The molecule has 3 nitrogen and oxygen atoms in total. The first kappa shape index (κ1) is 11.4. The highest BCUT2D eigenvalue weighted by molar-refractivity contribution is 5.85. The molecule has 1 spiro atoms. The second kappa shape index (κ2) is 4.21. The predicted octanol–water partition coefficient (Wildman–Crippen LogP) is 1.81. The van der Waals surface area contributed by atoms with E-state index in [1.807, 2.05) is 12.2 Å². The molecule has 0 amide bonds. The first-order valence-electron chi connectivity index (χ1n) is 6.80. The van der Waals surface area contributed by atoms with Gasteiger partial charge in [0.2, 0.25) is 0 Å². The lowest BCUT2D eigenvalue weighted by molar-refractivity contribution is -0.157. The van der Waals surface area contributed by atoms with Crippen LogP contribution in [0.15, 0.2) is 12.2 Å². The summed E-state index contributed by atoms with van der Waals surface area (Å²) in [5.74, 6) is 0.693. The van der Waals surface area contributed by atoms with Gasteiger partial charge in [-0.15, -0.1) is 0 Å². The van der Waals surface area contributed by atoms with E-state index in [9.17, 15) is 4.79 Å². The van der Waals surface area contributed by atoms with Crippen LogP contribution in [0.2, 0.25) is 0 Å². The highest BCUT2D eigenvalue weighted by Gasteiger charge is 2.45. The maximum absolute atomic E-state index is 12.4. The molecule has 1 aliphatic heterocycles. The van der Waals surface area contributed by atoms with Gasteiger partial charge in [0.1, 0.15) is 5.78 Å². The molecule has 3 unspecified atom stereocenters. The molecule has 0 aromatic carbocycles. The maximum atomic E-state index is 12.4. The van der Waals surface area contributed by atoms with Gasteiger partial charge in [0.05, 0.1) is 5.60 Å². The van der Waals surface area contributed by atoms with Crippen molar-refractivity contribution in [1.82, 2.24) is 0 Å². The molecule has 3 aliphatic rings. The standard InChI is InChI=1S/C14H21NO2/c15-12-3-2-10(8-12)13(16)11-4-7-17-14(9-11)5-1-6-14/h2-3,10-12H,1,4-9,15H2. The first-order valence-corrected chi connectivity index (χ1v) is 6.80. The van der Waals surface area contributed by atoms with Crippen LogP contribution in [0.5, 0.6) is 0 Å². The van der Waals surface area contributed by atoms with Crippen LogP contribution in [0, 0.1) is 11.8 Å². The molecule has 1 saturated heterocycles. The Balaban J connectivity index is 1.64. The Morgan fingerprint density at radius 2 is 2.18 bits per heavy atom. The number of hydrogen-bond donors (Lipinski definition) is 1. The second-order valence-electron chi connectivity index (χ2n) is 5.87. The minimum atomic E-state index is 0.0724. The zero-order valence-electron chi connectivity index (χ0n) is 10.2. The summed E-state index contributed by atoms with van der Waals surface area (Å²) < 4.78 is 5.87. The number of carbonyl (C=O) groups excluding carboxylic acids is 1. The molecule has 1 saturated carbocycles. The number of nitrogens with two attached hydrogens (primary N) is 1. The van der Waals surface area contributed by atoms with Crippen LogP contribution >= 0.6 is 0 Å². The second-order valence-corrected chi connectivity index (χ2v) is 5.87. The molecule has 2 aliphatic carbocycles. The molecule has 3 heteroatoms. The Morgan fingerprint density at radius 1 is 1.35 bits per heavy atom. The van der Waals surface area contributed by atoms with Gasteiger partial charge in [-0.1, -0.05) is 12.2 Å². The number of hydrogen-bond acceptors (Lipinski definition) is 3. The summed E-state index contributed by atoms with van der Waals surface area (Å²) in [6.45, 7) is 0.763. The topological polar surface area (TPSA) is 52.3 Å². The molecule has 2 N–H and O–H groups in total. The van der Waals surface area contributed by atoms with Gasteiger partial charge in [-0.05, 0) is 38.5 Å². The zero-order valence-corrected chi connectivity index (χ0v) is 10.2. The highest BCUT2D eigenvalue weighted by atomic mass is 16.5. The summed E-state index contributed by atoms with van der Waals surface area (Å²) in [7, 11) is 0. The lowest BCUT2D eigenvalue weighted by Gasteiger charge is -2.47. The van der Waals surface area contributed by atoms with E-state index in [0.717, 1.165) is 38.7 Å². The molecule has 17 heavy (non-hydrogen) atoms. The zero-order chi connectivity index (χ0) is 11.9. The minimum Gasteiger partial charge on any atom is -0.375 e. The number of rotatable bonds is 2. The number of ketones is 1. The average Bonchev–Trinajstić information content (AvgIpc) is 2.73. The summed E-state index contributed by atoms with van der Waals surface area (Å²) in [6, 6.07) is 0.0847. The average molecular weight is 235 g/mol. The first-order chi connectivity index (χ1) is 8.19. The number of allylic oxidation sites excluding steroid dienone is 1. The van der Waals surface area contributed by atoms with Gasteiger partial charge in [0.25, 0.3) is 0 Å². The van der Waals surface area contributed by atoms with Crippen molar-refractivity contribution >= 4 is 5.78 Å². The van der Waals surface area contributed by atoms with Crippen LogP contribution < -0.4 is 5.73 Å². The highest BCUT2D eigenvalue weighted by Crippen LogP contribution is 2.45. The van der Waals surface area contributed by atoms with E-state index in [4.69, 9.17) is 10.5 Å². The lowest BCUT2D eigenvalue weighted by Crippen LogP contribution is -2.47. The van der Waals surface area contributed by atoms with Crippen molar-refractivity contribution in [3.63, 3.8) is 0 Å². The van der Waals surface area contributed by atoms with Crippen molar-refractivity contribution < 1.29 is 9.53 Å². The molecular weight excluding hydrogens is 214 g/mol. The Morgan fingerprint density at radius 3 is 2.76 bits per heavy atom. The summed E-state index contributed by atoms with van der Waals surface area (Å²) in [4.78, 5) is 12.4. The van der Waals surface area contributed by atoms with Crippen molar-refractivity contribution in [2.75, 3.05) is 6.61 Å². The Labute approximate surface area is 102 Å². The van der Waals surface area contributed by atoms with Crippen molar-refractivity contribution in [3.05, 3.63) is 12.2 Å². The van der Waals surface area contributed by atoms with Gasteiger partial charge in [-0.3, -0.25) is 4.79 Å². The summed E-state index contributed by atoms with van der Waals surface area (Å²) in [6.07, 6.45) is 10.2. The SMILES string of the molecule is NC1C=CC(C(=O)C2CCOC3(CCC3)C2)C1. The van der Waals surface area contributed by atoms with Crippen LogP contribution in [-0.2, 0) is 9.53 Å². The third kappa shape index (κ3) is 2.06. The predicted molar refractivity (Wildman–Crippen MR) is 65.5 cm³/mol. The van der Waals surface area contributed by atoms with Crippen LogP contribution in [0.25, 0.3) is 0 Å². The van der Waals surface area contributed by atoms with Gasteiger partial charge >= 0.3 is 0 Å². The summed E-state index contributed by atoms with van der Waals surface area (Å²) >= 11 is 0. The monoisotopic (exact) mass is 235 g/mol. The molecule has 3 atom stereocenters. The van der Waals surface area contributed by atoms with E-state index in [2.05, 4.69) is 0 Å². The minimum absolute atomic E-state index is 0.0724. The van der Waals surface area contributed by atoms with E-state index in [1.54, 1.807) is 0 Å². The normalized spacial score (nSPS) is 39.2. The van der Waals surface area contributed by atoms with Crippen LogP contribution in [0.3, 0.4) is 0 Å². The molecule has 94 valence electrons. The van der Waals surface area contributed by atoms with Crippen molar-refractivity contribution in [2.45, 2.75) is 50.2 Å². The van der Waals surface area contributed by atoms with Crippen LogP contribution in [0.1, 0.15) is 38.5 Å². The maximum Gasteiger partial charge on any atom is 0.143 e. The Kier molecular flexibility index (Phi) is 2.83. The van der Waals surface area contributed by atoms with E-state index in [-0.39, 0.29) is 23.5 Å². The molecule has 2 fully saturated rings. The number of carbonyl (C=O) groups is 1. The molecule has 0 radical (unpaired) electrons. The molecule has 1 heterocycles. The molecule has 0 aromatic rings.